The predicted molar refractivity (Wildman–Crippen MR) is 75.7 cm³/mol. The van der Waals surface area contributed by atoms with Gasteiger partial charge >= 0.3 is 0 Å². The Labute approximate surface area is 116 Å². The third-order valence-electron chi connectivity index (χ3n) is 3.00. The van der Waals surface area contributed by atoms with Crippen molar-refractivity contribution >= 4 is 34.2 Å². The van der Waals surface area contributed by atoms with Crippen molar-refractivity contribution in [3.8, 4) is 0 Å². The maximum absolute atomic E-state index is 11.5. The molecule has 2 rings (SSSR count). The molecule has 0 aliphatic rings. The van der Waals surface area contributed by atoms with Gasteiger partial charge in [0.2, 0.25) is 5.91 Å². The van der Waals surface area contributed by atoms with Gasteiger partial charge in [-0.15, -0.1) is 0 Å². The molecule has 19 heavy (non-hydrogen) atoms. The maximum Gasteiger partial charge on any atom is 0.216 e. The molecule has 0 unspecified atom stereocenters. The number of H-pyrrole nitrogens is 1. The summed E-state index contributed by atoms with van der Waals surface area (Å²) >= 11 is 6.06. The van der Waals surface area contributed by atoms with Crippen LogP contribution in [0.1, 0.15) is 29.8 Å². The third kappa shape index (κ3) is 2.96. The summed E-state index contributed by atoms with van der Waals surface area (Å²) in [4.78, 5) is 25.5. The Balaban J connectivity index is 2.33. The molecule has 0 spiro atoms. The SMILES string of the molecule is CC(=O)NCCc1c[nH]c2cc(Cl)c(C(C)=O)cc12. The van der Waals surface area contributed by atoms with Crippen molar-refractivity contribution in [1.29, 1.82) is 0 Å². The maximum atomic E-state index is 11.5. The second-order valence-corrected chi connectivity index (χ2v) is 4.89. The van der Waals surface area contributed by atoms with Crippen LogP contribution < -0.4 is 5.32 Å². The van der Waals surface area contributed by atoms with Crippen LogP contribution in [0.25, 0.3) is 10.9 Å². The van der Waals surface area contributed by atoms with Crippen LogP contribution in [-0.2, 0) is 11.2 Å². The minimum absolute atomic E-state index is 0.0488. The van der Waals surface area contributed by atoms with Crippen LogP contribution in [0.3, 0.4) is 0 Å². The molecule has 0 radical (unpaired) electrons. The van der Waals surface area contributed by atoms with Crippen LogP contribution >= 0.6 is 11.6 Å². The number of amides is 1. The number of Topliss-reactive ketones (excluding diaryl/α,β-unsaturated/α-hetero) is 1. The Morgan fingerprint density at radius 1 is 1.32 bits per heavy atom. The first-order valence-electron chi connectivity index (χ1n) is 6.04. The first-order chi connectivity index (χ1) is 8.99. The number of ketones is 1. The lowest BCUT2D eigenvalue weighted by Crippen LogP contribution is -2.22. The van der Waals surface area contributed by atoms with Gasteiger partial charge in [0.25, 0.3) is 0 Å². The molecule has 2 aromatic rings. The van der Waals surface area contributed by atoms with Crippen LogP contribution in [0.4, 0.5) is 0 Å². The summed E-state index contributed by atoms with van der Waals surface area (Å²) in [6, 6.07) is 3.56. The van der Waals surface area contributed by atoms with E-state index in [1.54, 1.807) is 12.1 Å². The number of hydrogen-bond acceptors (Lipinski definition) is 2. The van der Waals surface area contributed by atoms with Gasteiger partial charge in [0.15, 0.2) is 5.78 Å². The number of rotatable bonds is 4. The molecule has 4 nitrogen and oxygen atoms in total. The molecule has 1 aromatic carbocycles. The summed E-state index contributed by atoms with van der Waals surface area (Å²) in [5, 5.41) is 4.18. The van der Waals surface area contributed by atoms with E-state index in [4.69, 9.17) is 11.6 Å². The molecule has 0 aliphatic heterocycles. The van der Waals surface area contributed by atoms with Crippen molar-refractivity contribution in [2.45, 2.75) is 20.3 Å². The number of halogens is 1. The molecule has 2 N–H and O–H groups in total. The summed E-state index contributed by atoms with van der Waals surface area (Å²) in [5.41, 5.74) is 2.48. The Hall–Kier alpha value is -1.81. The van der Waals surface area contributed by atoms with Crippen LogP contribution in [0.2, 0.25) is 5.02 Å². The number of benzene rings is 1. The van der Waals surface area contributed by atoms with Crippen LogP contribution in [0.15, 0.2) is 18.3 Å². The van der Waals surface area contributed by atoms with E-state index >= 15 is 0 Å². The smallest absolute Gasteiger partial charge is 0.216 e. The summed E-state index contributed by atoms with van der Waals surface area (Å²) in [6.07, 6.45) is 2.59. The Morgan fingerprint density at radius 2 is 2.05 bits per heavy atom. The summed E-state index contributed by atoms with van der Waals surface area (Å²) in [5.74, 6) is -0.103. The molecule has 0 bridgehead atoms. The summed E-state index contributed by atoms with van der Waals surface area (Å²) in [6.45, 7) is 3.56. The van der Waals surface area contributed by atoms with Gasteiger partial charge in [-0.2, -0.15) is 0 Å². The highest BCUT2D eigenvalue weighted by molar-refractivity contribution is 6.34. The molecule has 5 heteroatoms. The molecular formula is C14H15ClN2O2. The van der Waals surface area contributed by atoms with Crippen molar-refractivity contribution in [1.82, 2.24) is 10.3 Å². The lowest BCUT2D eigenvalue weighted by atomic mass is 10.1. The van der Waals surface area contributed by atoms with E-state index in [2.05, 4.69) is 10.3 Å². The number of aromatic amines is 1. The molecular weight excluding hydrogens is 264 g/mol. The highest BCUT2D eigenvalue weighted by Gasteiger charge is 2.11. The van der Waals surface area contributed by atoms with Gasteiger partial charge in [-0.05, 0) is 31.0 Å². The third-order valence-corrected chi connectivity index (χ3v) is 3.32. The minimum atomic E-state index is -0.0547. The predicted octanol–water partition coefficient (Wildman–Crippen LogP) is 2.70. The monoisotopic (exact) mass is 278 g/mol. The minimum Gasteiger partial charge on any atom is -0.361 e. The fourth-order valence-corrected chi connectivity index (χ4v) is 2.35. The van der Waals surface area contributed by atoms with Gasteiger partial charge in [-0.1, -0.05) is 11.6 Å². The molecule has 0 atom stereocenters. The number of carbonyl (C=O) groups excluding carboxylic acids is 2. The molecule has 0 aliphatic carbocycles. The Bertz CT molecular complexity index is 646. The molecule has 0 fully saturated rings. The number of nitrogens with one attached hydrogen (secondary N) is 2. The van der Waals surface area contributed by atoms with E-state index < -0.39 is 0 Å². The van der Waals surface area contributed by atoms with E-state index in [1.165, 1.54) is 13.8 Å². The molecule has 1 amide bonds. The van der Waals surface area contributed by atoms with Gasteiger partial charge in [0.05, 0.1) is 5.02 Å². The Morgan fingerprint density at radius 3 is 2.68 bits per heavy atom. The molecule has 100 valence electrons. The number of carbonyl (C=O) groups is 2. The largest absolute Gasteiger partial charge is 0.361 e. The van der Waals surface area contributed by atoms with Crippen molar-refractivity contribution < 1.29 is 9.59 Å². The van der Waals surface area contributed by atoms with Crippen molar-refractivity contribution in [3.05, 3.63) is 34.5 Å². The van der Waals surface area contributed by atoms with Gasteiger partial charge < -0.3 is 10.3 Å². The van der Waals surface area contributed by atoms with Crippen LogP contribution in [0.5, 0.6) is 0 Å². The fraction of sp³-hybridized carbons (Fsp3) is 0.286. The van der Waals surface area contributed by atoms with Crippen LogP contribution in [-0.4, -0.2) is 23.2 Å². The highest BCUT2D eigenvalue weighted by atomic mass is 35.5. The van der Waals surface area contributed by atoms with E-state index in [0.717, 1.165) is 16.5 Å². The second kappa shape index (κ2) is 5.45. The van der Waals surface area contributed by atoms with Gasteiger partial charge in [-0.25, -0.2) is 0 Å². The highest BCUT2D eigenvalue weighted by Crippen LogP contribution is 2.26. The van der Waals surface area contributed by atoms with E-state index in [9.17, 15) is 9.59 Å². The average Bonchev–Trinajstić information content (AvgIpc) is 2.70. The molecule has 1 aromatic heterocycles. The average molecular weight is 279 g/mol. The first-order valence-corrected chi connectivity index (χ1v) is 6.41. The molecule has 1 heterocycles. The quantitative estimate of drug-likeness (QED) is 0.845. The number of aromatic nitrogens is 1. The zero-order chi connectivity index (χ0) is 14.0. The number of fused-ring (bicyclic) bond motifs is 1. The van der Waals surface area contributed by atoms with Crippen molar-refractivity contribution in [3.63, 3.8) is 0 Å². The van der Waals surface area contributed by atoms with Gasteiger partial charge in [0.1, 0.15) is 0 Å². The fourth-order valence-electron chi connectivity index (χ4n) is 2.05. The standard InChI is InChI=1S/C14H15ClN2O2/c1-8(18)11-5-12-10(3-4-16-9(2)19)7-17-14(12)6-13(11)15/h5-7,17H,3-4H2,1-2H3,(H,16,19). The number of hydrogen-bond donors (Lipinski definition) is 2. The topological polar surface area (TPSA) is 62.0 Å². The molecule has 0 saturated heterocycles. The van der Waals surface area contributed by atoms with Crippen molar-refractivity contribution in [2.24, 2.45) is 0 Å². The first kappa shape index (κ1) is 13.6. The second-order valence-electron chi connectivity index (χ2n) is 4.48. The summed E-state index contributed by atoms with van der Waals surface area (Å²) in [7, 11) is 0. The van der Waals surface area contributed by atoms with Crippen LogP contribution in [0, 0.1) is 0 Å². The van der Waals surface area contributed by atoms with Crippen molar-refractivity contribution in [2.75, 3.05) is 6.54 Å². The lowest BCUT2D eigenvalue weighted by molar-refractivity contribution is -0.118. The van der Waals surface area contributed by atoms with Gasteiger partial charge in [0, 0.05) is 36.1 Å². The van der Waals surface area contributed by atoms with E-state index in [-0.39, 0.29) is 11.7 Å². The summed E-state index contributed by atoms with van der Waals surface area (Å²) < 4.78 is 0. The van der Waals surface area contributed by atoms with E-state index in [1.807, 2.05) is 6.20 Å². The van der Waals surface area contributed by atoms with E-state index in [0.29, 0.717) is 23.6 Å². The molecule has 0 saturated carbocycles. The zero-order valence-electron chi connectivity index (χ0n) is 10.8. The normalized spacial score (nSPS) is 10.7. The lowest BCUT2D eigenvalue weighted by Gasteiger charge is -2.04. The van der Waals surface area contributed by atoms with Gasteiger partial charge in [-0.3, -0.25) is 9.59 Å². The Kier molecular flexibility index (Phi) is 3.90. The zero-order valence-corrected chi connectivity index (χ0v) is 11.6.